The highest BCUT2D eigenvalue weighted by atomic mass is 35.5. The fraction of sp³-hybridized carbons (Fsp3) is 0.286. The van der Waals surface area contributed by atoms with Crippen LogP contribution in [0.2, 0.25) is 10.2 Å². The van der Waals surface area contributed by atoms with Crippen LogP contribution in [0.15, 0.2) is 24.3 Å². The lowest BCUT2D eigenvalue weighted by atomic mass is 10.2. The number of benzene rings is 1. The first-order valence-corrected chi connectivity index (χ1v) is 6.83. The van der Waals surface area contributed by atoms with Crippen LogP contribution in [0.25, 0.3) is 0 Å². The maximum atomic E-state index is 10.8. The number of nitrogens with zero attached hydrogens (tertiary/aromatic N) is 2. The summed E-state index contributed by atoms with van der Waals surface area (Å²) in [5.74, 6) is 0.386. The van der Waals surface area contributed by atoms with E-state index < -0.39 is 0 Å². The molecule has 0 saturated heterocycles. The molecule has 106 valence electrons. The van der Waals surface area contributed by atoms with Gasteiger partial charge in [0.25, 0.3) is 0 Å². The lowest BCUT2D eigenvalue weighted by Gasteiger charge is -2.08. The zero-order chi connectivity index (χ0) is 14.7. The van der Waals surface area contributed by atoms with Gasteiger partial charge in [0.15, 0.2) is 0 Å². The van der Waals surface area contributed by atoms with Crippen LogP contribution in [0.1, 0.15) is 24.0 Å². The van der Waals surface area contributed by atoms with Gasteiger partial charge < -0.3 is 9.30 Å². The van der Waals surface area contributed by atoms with Crippen LogP contribution in [0.5, 0.6) is 0 Å². The minimum absolute atomic E-state index is 0.0739. The molecule has 0 amide bonds. The van der Waals surface area contributed by atoms with Crippen LogP contribution in [0.3, 0.4) is 0 Å². The highest BCUT2D eigenvalue weighted by Crippen LogP contribution is 2.23. The molecule has 2 aromatic rings. The zero-order valence-corrected chi connectivity index (χ0v) is 12.7. The fourth-order valence-corrected chi connectivity index (χ4v) is 2.32. The number of halogens is 2. The Morgan fingerprint density at radius 1 is 1.35 bits per heavy atom. The Hall–Kier alpha value is -1.52. The number of hydrogen-bond donors (Lipinski definition) is 0. The van der Waals surface area contributed by atoms with Gasteiger partial charge >= 0.3 is 5.97 Å². The Labute approximate surface area is 127 Å². The van der Waals surface area contributed by atoms with Crippen molar-refractivity contribution in [2.45, 2.75) is 27.0 Å². The number of aromatic nitrogens is 2. The lowest BCUT2D eigenvalue weighted by Crippen LogP contribution is -2.03. The van der Waals surface area contributed by atoms with E-state index in [9.17, 15) is 4.79 Å². The van der Waals surface area contributed by atoms with Crippen LogP contribution >= 0.6 is 23.2 Å². The molecule has 0 aliphatic rings. The molecule has 0 atom stereocenters. The first kappa shape index (κ1) is 14.9. The van der Waals surface area contributed by atoms with Crippen LogP contribution < -0.4 is 0 Å². The lowest BCUT2D eigenvalue weighted by molar-refractivity contribution is -0.142. The fourth-order valence-electron chi connectivity index (χ4n) is 1.84. The van der Waals surface area contributed by atoms with Gasteiger partial charge in [-0.15, -0.1) is 0 Å². The Kier molecular flexibility index (Phi) is 4.68. The molecule has 0 radical (unpaired) electrons. The number of esters is 1. The Morgan fingerprint density at radius 3 is 2.70 bits per heavy atom. The third-order valence-corrected chi connectivity index (χ3v) is 3.65. The van der Waals surface area contributed by atoms with Crippen molar-refractivity contribution < 1.29 is 9.53 Å². The van der Waals surface area contributed by atoms with E-state index in [1.165, 1.54) is 6.92 Å². The number of carbonyl (C=O) groups is 1. The molecule has 0 saturated carbocycles. The first-order chi connectivity index (χ1) is 9.49. The topological polar surface area (TPSA) is 44.1 Å². The van der Waals surface area contributed by atoms with Gasteiger partial charge in [-0.05, 0) is 18.6 Å². The van der Waals surface area contributed by atoms with Crippen LogP contribution in [0, 0.1) is 6.92 Å². The number of aryl methyl sites for hydroxylation is 1. The molecule has 1 heterocycles. The Morgan fingerprint density at radius 2 is 2.05 bits per heavy atom. The largest absolute Gasteiger partial charge is 0.459 e. The van der Waals surface area contributed by atoms with E-state index >= 15 is 0 Å². The standard InChI is InChI=1S/C14H14Cl2N2O2/c1-9-17-13(8-20-10(2)19)14(16)18(9)7-11-5-3-4-6-12(11)15/h3-6H,7-8H2,1-2H3. The minimum atomic E-state index is -0.362. The van der Waals surface area contributed by atoms with Crippen molar-refractivity contribution in [2.75, 3.05) is 0 Å². The summed E-state index contributed by atoms with van der Waals surface area (Å²) in [5, 5.41) is 1.14. The minimum Gasteiger partial charge on any atom is -0.459 e. The maximum absolute atomic E-state index is 10.8. The van der Waals surface area contributed by atoms with Gasteiger partial charge in [0.05, 0.1) is 6.54 Å². The average molecular weight is 313 g/mol. The first-order valence-electron chi connectivity index (χ1n) is 6.07. The van der Waals surface area contributed by atoms with E-state index in [2.05, 4.69) is 4.98 Å². The van der Waals surface area contributed by atoms with E-state index in [0.29, 0.717) is 22.4 Å². The van der Waals surface area contributed by atoms with E-state index in [-0.39, 0.29) is 12.6 Å². The van der Waals surface area contributed by atoms with Gasteiger partial charge in [0, 0.05) is 11.9 Å². The number of imidazole rings is 1. The Balaban J connectivity index is 2.24. The molecule has 0 N–H and O–H groups in total. The van der Waals surface area contributed by atoms with Crippen molar-refractivity contribution in [1.29, 1.82) is 0 Å². The van der Waals surface area contributed by atoms with Crippen LogP contribution in [-0.2, 0) is 22.7 Å². The normalized spacial score (nSPS) is 10.6. The molecule has 1 aromatic heterocycles. The molecule has 6 heteroatoms. The third kappa shape index (κ3) is 3.32. The predicted octanol–water partition coefficient (Wildman–Crippen LogP) is 3.61. The zero-order valence-electron chi connectivity index (χ0n) is 11.2. The summed E-state index contributed by atoms with van der Waals surface area (Å²) in [4.78, 5) is 15.2. The summed E-state index contributed by atoms with van der Waals surface area (Å²) < 4.78 is 6.76. The van der Waals surface area contributed by atoms with Crippen molar-refractivity contribution in [1.82, 2.24) is 9.55 Å². The van der Waals surface area contributed by atoms with Gasteiger partial charge in [0.2, 0.25) is 0 Å². The predicted molar refractivity (Wildman–Crippen MR) is 78.0 cm³/mol. The molecule has 1 aromatic carbocycles. The second-order valence-corrected chi connectivity index (χ2v) is 5.12. The third-order valence-electron chi connectivity index (χ3n) is 2.86. The van der Waals surface area contributed by atoms with Crippen molar-refractivity contribution in [3.63, 3.8) is 0 Å². The van der Waals surface area contributed by atoms with Crippen molar-refractivity contribution in [3.8, 4) is 0 Å². The number of hydrogen-bond acceptors (Lipinski definition) is 3. The molecule has 0 aliphatic carbocycles. The summed E-state index contributed by atoms with van der Waals surface area (Å²) in [5.41, 5.74) is 1.50. The molecular weight excluding hydrogens is 299 g/mol. The maximum Gasteiger partial charge on any atom is 0.303 e. The van der Waals surface area contributed by atoms with Gasteiger partial charge in [0.1, 0.15) is 23.3 Å². The molecule has 0 spiro atoms. The van der Waals surface area contributed by atoms with E-state index in [4.69, 9.17) is 27.9 Å². The molecule has 2 rings (SSSR count). The van der Waals surface area contributed by atoms with E-state index in [1.54, 1.807) is 0 Å². The summed E-state index contributed by atoms with van der Waals surface area (Å²) >= 11 is 12.4. The number of carbonyl (C=O) groups excluding carboxylic acids is 1. The molecule has 0 bridgehead atoms. The second-order valence-electron chi connectivity index (χ2n) is 4.35. The number of rotatable bonds is 4. The smallest absolute Gasteiger partial charge is 0.303 e. The number of ether oxygens (including phenoxy) is 1. The average Bonchev–Trinajstić information content (AvgIpc) is 2.66. The summed E-state index contributed by atoms with van der Waals surface area (Å²) in [7, 11) is 0. The van der Waals surface area contributed by atoms with Gasteiger partial charge in [-0.2, -0.15) is 0 Å². The monoisotopic (exact) mass is 312 g/mol. The van der Waals surface area contributed by atoms with E-state index in [0.717, 1.165) is 11.4 Å². The SMILES string of the molecule is CC(=O)OCc1nc(C)n(Cc2ccccc2Cl)c1Cl. The van der Waals surface area contributed by atoms with E-state index in [1.807, 2.05) is 35.8 Å². The second kappa shape index (κ2) is 6.29. The van der Waals surface area contributed by atoms with Gasteiger partial charge in [-0.3, -0.25) is 4.79 Å². The quantitative estimate of drug-likeness (QED) is 0.810. The Bertz CT molecular complexity index is 638. The summed E-state index contributed by atoms with van der Waals surface area (Å²) in [6.07, 6.45) is 0. The highest BCUT2D eigenvalue weighted by Gasteiger charge is 2.14. The van der Waals surface area contributed by atoms with Crippen LogP contribution in [-0.4, -0.2) is 15.5 Å². The molecule has 20 heavy (non-hydrogen) atoms. The molecule has 0 aliphatic heterocycles. The van der Waals surface area contributed by atoms with Crippen LogP contribution in [0.4, 0.5) is 0 Å². The highest BCUT2D eigenvalue weighted by molar-refractivity contribution is 6.31. The molecular formula is C14H14Cl2N2O2. The molecule has 0 fully saturated rings. The van der Waals surface area contributed by atoms with Gasteiger partial charge in [-0.25, -0.2) is 4.98 Å². The van der Waals surface area contributed by atoms with Crippen molar-refractivity contribution >= 4 is 29.2 Å². The molecule has 0 unspecified atom stereocenters. The summed E-state index contributed by atoms with van der Waals surface area (Å²) in [6, 6.07) is 7.56. The van der Waals surface area contributed by atoms with Gasteiger partial charge in [-0.1, -0.05) is 41.4 Å². The van der Waals surface area contributed by atoms with Crippen molar-refractivity contribution in [2.24, 2.45) is 0 Å². The summed E-state index contributed by atoms with van der Waals surface area (Å²) in [6.45, 7) is 3.80. The molecule has 4 nitrogen and oxygen atoms in total. The van der Waals surface area contributed by atoms with Crippen molar-refractivity contribution in [3.05, 3.63) is 51.5 Å².